The molecule has 0 saturated carbocycles. The van der Waals surface area contributed by atoms with E-state index in [4.69, 9.17) is 4.74 Å². The van der Waals surface area contributed by atoms with Crippen molar-refractivity contribution in [2.24, 2.45) is 0 Å². The fourth-order valence-corrected chi connectivity index (χ4v) is 2.25. The summed E-state index contributed by atoms with van der Waals surface area (Å²) in [4.78, 5) is 15.6. The van der Waals surface area contributed by atoms with Crippen molar-refractivity contribution >= 4 is 5.97 Å². The van der Waals surface area contributed by atoms with Crippen molar-refractivity contribution in [1.82, 2.24) is 4.98 Å². The van der Waals surface area contributed by atoms with Gasteiger partial charge >= 0.3 is 5.97 Å². The Hall–Kier alpha value is -2.26. The average molecular weight is 339 g/mol. The van der Waals surface area contributed by atoms with Crippen molar-refractivity contribution in [3.63, 3.8) is 0 Å². The number of rotatable bonds is 11. The first kappa shape index (κ1) is 20.8. The van der Waals surface area contributed by atoms with E-state index in [1.807, 2.05) is 12.1 Å². The molecule has 0 saturated heterocycles. The molecule has 0 spiro atoms. The minimum atomic E-state index is -0.195. The monoisotopic (exact) mass is 339 g/mol. The lowest BCUT2D eigenvalue weighted by Crippen LogP contribution is -2.04. The highest BCUT2D eigenvalue weighted by atomic mass is 16.5. The standard InChI is InChI=1S/C22H29NO2/c1-2-3-4-5-6-7-8-9-10-11-12-13-14-17-22(24)25-20-21-16-15-18-23-19-21/h15-16,18-19H,2-8,13-14,17,20H2,1H3. The Balaban J connectivity index is 1.98. The van der Waals surface area contributed by atoms with Gasteiger partial charge in [-0.3, -0.25) is 9.78 Å². The van der Waals surface area contributed by atoms with Crippen molar-refractivity contribution in [3.05, 3.63) is 30.1 Å². The van der Waals surface area contributed by atoms with Crippen LogP contribution in [0.2, 0.25) is 0 Å². The molecule has 0 bridgehead atoms. The zero-order chi connectivity index (χ0) is 18.0. The van der Waals surface area contributed by atoms with Gasteiger partial charge in [-0.2, -0.15) is 0 Å². The van der Waals surface area contributed by atoms with Crippen molar-refractivity contribution in [3.8, 4) is 23.7 Å². The molecule has 1 aromatic rings. The minimum absolute atomic E-state index is 0.195. The second-order valence-corrected chi connectivity index (χ2v) is 6.00. The molecule has 0 aliphatic rings. The normalized spacial score (nSPS) is 9.48. The minimum Gasteiger partial charge on any atom is -0.461 e. The van der Waals surface area contributed by atoms with Gasteiger partial charge in [0.25, 0.3) is 0 Å². The molecule has 0 unspecified atom stereocenters. The van der Waals surface area contributed by atoms with E-state index in [0.29, 0.717) is 19.3 Å². The van der Waals surface area contributed by atoms with E-state index in [-0.39, 0.29) is 12.6 Å². The molecule has 3 nitrogen and oxygen atoms in total. The number of ether oxygens (including phenoxy) is 1. The molecule has 0 aromatic carbocycles. The summed E-state index contributed by atoms with van der Waals surface area (Å²) in [5.41, 5.74) is 0.899. The molecule has 0 atom stereocenters. The molecule has 0 aliphatic heterocycles. The van der Waals surface area contributed by atoms with Gasteiger partial charge in [-0.1, -0.05) is 56.9 Å². The molecule has 1 aromatic heterocycles. The largest absolute Gasteiger partial charge is 0.461 e. The van der Waals surface area contributed by atoms with Crippen LogP contribution in [0.25, 0.3) is 0 Å². The predicted molar refractivity (Wildman–Crippen MR) is 101 cm³/mol. The van der Waals surface area contributed by atoms with Crippen molar-refractivity contribution in [2.45, 2.75) is 77.7 Å². The van der Waals surface area contributed by atoms with Crippen LogP contribution >= 0.6 is 0 Å². The van der Waals surface area contributed by atoms with Crippen LogP contribution in [0.4, 0.5) is 0 Å². The summed E-state index contributed by atoms with van der Waals surface area (Å²) in [6, 6.07) is 3.71. The van der Waals surface area contributed by atoms with Gasteiger partial charge in [0.15, 0.2) is 0 Å². The highest BCUT2D eigenvalue weighted by Gasteiger charge is 2.02. The number of hydrogen-bond donors (Lipinski definition) is 0. The van der Waals surface area contributed by atoms with Gasteiger partial charge in [0, 0.05) is 37.2 Å². The van der Waals surface area contributed by atoms with Gasteiger partial charge in [0.2, 0.25) is 0 Å². The summed E-state index contributed by atoms with van der Waals surface area (Å²) in [5.74, 6) is 11.6. The van der Waals surface area contributed by atoms with Crippen molar-refractivity contribution < 1.29 is 9.53 Å². The van der Waals surface area contributed by atoms with Crippen LogP contribution in [0, 0.1) is 23.7 Å². The van der Waals surface area contributed by atoms with Crippen molar-refractivity contribution in [2.75, 3.05) is 0 Å². The SMILES string of the molecule is CCCCCCCCC#CC#CCCCC(=O)OCc1cccnc1. The Labute approximate surface area is 152 Å². The van der Waals surface area contributed by atoms with Gasteiger partial charge < -0.3 is 4.74 Å². The number of hydrogen-bond acceptors (Lipinski definition) is 3. The smallest absolute Gasteiger partial charge is 0.306 e. The number of carbonyl (C=O) groups is 1. The van der Waals surface area contributed by atoms with E-state index in [0.717, 1.165) is 12.0 Å². The first-order valence-electron chi connectivity index (χ1n) is 9.33. The fraction of sp³-hybridized carbons (Fsp3) is 0.545. The third-order valence-electron chi connectivity index (χ3n) is 3.70. The Morgan fingerprint density at radius 2 is 1.76 bits per heavy atom. The second kappa shape index (κ2) is 15.3. The van der Waals surface area contributed by atoms with Crippen LogP contribution in [0.1, 0.15) is 76.7 Å². The van der Waals surface area contributed by atoms with E-state index < -0.39 is 0 Å². The Morgan fingerprint density at radius 1 is 1.04 bits per heavy atom. The van der Waals surface area contributed by atoms with Gasteiger partial charge in [-0.05, 0) is 30.7 Å². The van der Waals surface area contributed by atoms with E-state index in [1.54, 1.807) is 12.4 Å². The third-order valence-corrected chi connectivity index (χ3v) is 3.70. The van der Waals surface area contributed by atoms with Gasteiger partial charge in [0.05, 0.1) is 0 Å². The second-order valence-electron chi connectivity index (χ2n) is 6.00. The summed E-state index contributed by atoms with van der Waals surface area (Å²) in [6.07, 6.45) is 13.8. The third kappa shape index (κ3) is 12.8. The highest BCUT2D eigenvalue weighted by Crippen LogP contribution is 2.06. The summed E-state index contributed by atoms with van der Waals surface area (Å²) in [5, 5.41) is 0. The molecular weight excluding hydrogens is 310 g/mol. The molecule has 134 valence electrons. The topological polar surface area (TPSA) is 39.2 Å². The van der Waals surface area contributed by atoms with Crippen LogP contribution in [-0.4, -0.2) is 11.0 Å². The lowest BCUT2D eigenvalue weighted by Gasteiger charge is -2.03. The maximum atomic E-state index is 11.6. The number of carbonyl (C=O) groups excluding carboxylic acids is 1. The molecule has 0 amide bonds. The summed E-state index contributed by atoms with van der Waals surface area (Å²) < 4.78 is 5.18. The molecule has 0 radical (unpaired) electrons. The van der Waals surface area contributed by atoms with Crippen LogP contribution in [-0.2, 0) is 16.1 Å². The number of nitrogens with zero attached hydrogens (tertiary/aromatic N) is 1. The highest BCUT2D eigenvalue weighted by molar-refractivity contribution is 5.69. The molecule has 25 heavy (non-hydrogen) atoms. The average Bonchev–Trinajstić information content (AvgIpc) is 2.64. The summed E-state index contributed by atoms with van der Waals surface area (Å²) in [7, 11) is 0. The molecule has 0 aliphatic carbocycles. The Kier molecular flexibility index (Phi) is 12.7. The summed E-state index contributed by atoms with van der Waals surface area (Å²) in [6.45, 7) is 2.51. The van der Waals surface area contributed by atoms with E-state index in [2.05, 4.69) is 35.6 Å². The quantitative estimate of drug-likeness (QED) is 0.322. The van der Waals surface area contributed by atoms with Crippen LogP contribution in [0.3, 0.4) is 0 Å². The zero-order valence-corrected chi connectivity index (χ0v) is 15.4. The first-order chi connectivity index (χ1) is 12.3. The zero-order valence-electron chi connectivity index (χ0n) is 15.4. The van der Waals surface area contributed by atoms with Crippen molar-refractivity contribution in [1.29, 1.82) is 0 Å². The summed E-state index contributed by atoms with van der Waals surface area (Å²) >= 11 is 0. The lowest BCUT2D eigenvalue weighted by molar-refractivity contribution is -0.145. The number of unbranched alkanes of at least 4 members (excludes halogenated alkanes) is 7. The predicted octanol–water partition coefficient (Wildman–Crippen LogP) is 5.05. The van der Waals surface area contributed by atoms with E-state index in [9.17, 15) is 4.79 Å². The van der Waals surface area contributed by atoms with E-state index >= 15 is 0 Å². The first-order valence-corrected chi connectivity index (χ1v) is 9.33. The fourth-order valence-electron chi connectivity index (χ4n) is 2.25. The maximum absolute atomic E-state index is 11.6. The van der Waals surface area contributed by atoms with Gasteiger partial charge in [0.1, 0.15) is 6.61 Å². The Morgan fingerprint density at radius 3 is 2.48 bits per heavy atom. The lowest BCUT2D eigenvalue weighted by atomic mass is 10.1. The molecule has 1 rings (SSSR count). The molecule has 3 heteroatoms. The maximum Gasteiger partial charge on any atom is 0.306 e. The number of aromatic nitrogens is 1. The molecule has 0 fully saturated rings. The van der Waals surface area contributed by atoms with Crippen LogP contribution in [0.5, 0.6) is 0 Å². The van der Waals surface area contributed by atoms with E-state index in [1.165, 1.54) is 38.5 Å². The van der Waals surface area contributed by atoms with Gasteiger partial charge in [-0.25, -0.2) is 0 Å². The molecular formula is C22H29NO2. The van der Waals surface area contributed by atoms with Crippen LogP contribution < -0.4 is 0 Å². The molecule has 0 N–H and O–H groups in total. The molecule has 1 heterocycles. The number of pyridine rings is 1. The Bertz CT molecular complexity index is 587. The van der Waals surface area contributed by atoms with Gasteiger partial charge in [-0.15, -0.1) is 0 Å². The van der Waals surface area contributed by atoms with Crippen LogP contribution in [0.15, 0.2) is 24.5 Å². The number of esters is 1.